The average molecular weight is 897 g/mol. The molecule has 2 heterocycles. The first-order valence-electron chi connectivity index (χ1n) is 10.5. The number of sulfonamides is 2. The maximum atomic E-state index is 11.4. The number of hydrogen-bond donors (Lipinski definition) is 3. The van der Waals surface area contributed by atoms with Gasteiger partial charge < -0.3 is 19.6 Å². The van der Waals surface area contributed by atoms with Crippen LogP contribution in [-0.4, -0.2) is 96.2 Å². The van der Waals surface area contributed by atoms with Crippen LogP contribution in [-0.2, 0) is 41.1 Å². The first kappa shape index (κ1) is 39.9. The zero-order chi connectivity index (χ0) is 28.8. The third-order valence-electron chi connectivity index (χ3n) is 3.92. The molecule has 12 nitrogen and oxygen atoms in total. The van der Waals surface area contributed by atoms with Crippen LogP contribution >= 0.6 is 43.5 Å². The third kappa shape index (κ3) is 18.2. The van der Waals surface area contributed by atoms with Crippen molar-refractivity contribution >= 4 is 63.5 Å². The molecular formula is C20H33Br2ClN6O6S2W. The minimum Gasteiger partial charge on any atom is -0.477 e. The molecule has 2 rings (SSSR count). The topological polar surface area (TPSA) is 182 Å². The number of aliphatic hydroxyl groups excluding tert-OH is 1. The van der Waals surface area contributed by atoms with Gasteiger partial charge in [0.1, 0.15) is 14.9 Å². The Labute approximate surface area is 261 Å². The van der Waals surface area contributed by atoms with Gasteiger partial charge in [-0.2, -0.15) is 0 Å². The van der Waals surface area contributed by atoms with Crippen molar-refractivity contribution in [3.05, 3.63) is 38.6 Å². The van der Waals surface area contributed by atoms with E-state index >= 15 is 0 Å². The van der Waals surface area contributed by atoms with Gasteiger partial charge in [0, 0.05) is 55.6 Å². The molecule has 0 saturated heterocycles. The smallest absolute Gasteiger partial charge is 0.243 e. The maximum absolute atomic E-state index is 11.4. The molecule has 0 unspecified atom stereocenters. The summed E-state index contributed by atoms with van der Waals surface area (Å²) in [6.45, 7) is 2.52. The molecule has 0 fully saturated rings. The number of aromatic nitrogens is 2. The summed E-state index contributed by atoms with van der Waals surface area (Å²) in [7, 11) is 0.278. The van der Waals surface area contributed by atoms with Gasteiger partial charge in [-0.25, -0.2) is 37.1 Å². The number of hydrogen-bond acceptors (Lipinski definition) is 10. The molecule has 0 aliphatic heterocycles. The van der Waals surface area contributed by atoms with E-state index in [2.05, 4.69) is 46.7 Å². The molecule has 0 aliphatic carbocycles. The molecule has 0 aromatic carbocycles. The van der Waals surface area contributed by atoms with Crippen LogP contribution < -0.4 is 15.0 Å². The molecule has 0 amide bonds. The molecule has 5 N–H and O–H groups in total. The van der Waals surface area contributed by atoms with E-state index in [0.717, 1.165) is 25.9 Å². The summed E-state index contributed by atoms with van der Waals surface area (Å²) >= 11 is 11.7. The fourth-order valence-electron chi connectivity index (χ4n) is 2.26. The van der Waals surface area contributed by atoms with Crippen LogP contribution in [0.15, 0.2) is 43.3 Å². The molecule has 18 heteroatoms. The molecule has 0 saturated carbocycles. The Hall–Kier alpha value is -0.262. The number of aliphatic hydroxyl groups is 1. The van der Waals surface area contributed by atoms with Crippen molar-refractivity contribution in [3.8, 4) is 5.88 Å². The van der Waals surface area contributed by atoms with E-state index < -0.39 is 20.0 Å². The SMILES string of the molecule is CN(C)CCCO.CN(C)CCCOc1ncc(Br)cc1S(N)(=O)=O.NS(=O)(=O)c1cc(Br)cnc1Cl.[W]. The van der Waals surface area contributed by atoms with Crippen molar-refractivity contribution in [2.24, 2.45) is 10.3 Å². The van der Waals surface area contributed by atoms with Crippen LogP contribution in [0, 0.1) is 0 Å². The van der Waals surface area contributed by atoms with E-state index in [-0.39, 0.29) is 41.9 Å². The van der Waals surface area contributed by atoms with Crippen molar-refractivity contribution in [2.75, 3.05) is 54.5 Å². The first-order valence-corrected chi connectivity index (χ1v) is 15.6. The Kier molecular flexibility index (Phi) is 20.7. The Balaban J connectivity index is 0. The zero-order valence-electron chi connectivity index (χ0n) is 21.3. The summed E-state index contributed by atoms with van der Waals surface area (Å²) in [4.78, 5) is 11.3. The summed E-state index contributed by atoms with van der Waals surface area (Å²) < 4.78 is 50.8. The number of ether oxygens (including phenoxy) is 1. The number of nitrogens with two attached hydrogens (primary N) is 2. The van der Waals surface area contributed by atoms with Crippen LogP contribution in [0.3, 0.4) is 0 Å². The first-order chi connectivity index (χ1) is 17.0. The van der Waals surface area contributed by atoms with Gasteiger partial charge in [0.25, 0.3) is 0 Å². The van der Waals surface area contributed by atoms with Crippen molar-refractivity contribution in [1.29, 1.82) is 0 Å². The number of primary sulfonamides is 2. The molecule has 38 heavy (non-hydrogen) atoms. The fraction of sp³-hybridized carbons (Fsp3) is 0.500. The van der Waals surface area contributed by atoms with Crippen LogP contribution in [0.2, 0.25) is 5.15 Å². The van der Waals surface area contributed by atoms with E-state index in [1.165, 1.54) is 24.5 Å². The molecule has 2 aromatic heterocycles. The fourth-order valence-corrected chi connectivity index (χ4v) is 4.88. The van der Waals surface area contributed by atoms with E-state index in [1.54, 1.807) is 0 Å². The van der Waals surface area contributed by atoms with E-state index in [1.807, 2.05) is 33.1 Å². The van der Waals surface area contributed by atoms with Crippen molar-refractivity contribution in [3.63, 3.8) is 0 Å². The van der Waals surface area contributed by atoms with Crippen LogP contribution in [0.4, 0.5) is 0 Å². The normalized spacial score (nSPS) is 11.2. The minimum atomic E-state index is -3.84. The maximum Gasteiger partial charge on any atom is 0.243 e. The monoisotopic (exact) mass is 894 g/mol. The van der Waals surface area contributed by atoms with Gasteiger partial charge in [0.05, 0.1) is 6.61 Å². The molecule has 0 spiro atoms. The Morgan fingerprint density at radius 1 is 0.895 bits per heavy atom. The minimum absolute atomic E-state index is 0. The van der Waals surface area contributed by atoms with Gasteiger partial charge >= 0.3 is 0 Å². The second-order valence-electron chi connectivity index (χ2n) is 7.88. The van der Waals surface area contributed by atoms with E-state index in [4.69, 9.17) is 31.7 Å². The second kappa shape index (κ2) is 19.8. The molecule has 0 radical (unpaired) electrons. The van der Waals surface area contributed by atoms with E-state index in [9.17, 15) is 16.8 Å². The van der Waals surface area contributed by atoms with Gasteiger partial charge in [0.2, 0.25) is 25.9 Å². The van der Waals surface area contributed by atoms with Gasteiger partial charge in [-0.15, -0.1) is 0 Å². The number of rotatable bonds is 10. The summed E-state index contributed by atoms with van der Waals surface area (Å²) in [5.41, 5.74) is 0. The average Bonchev–Trinajstić information content (AvgIpc) is 2.77. The number of halogens is 3. The number of pyridine rings is 2. The Bertz CT molecular complexity index is 1190. The molecule has 2 aromatic rings. The molecule has 218 valence electrons. The van der Waals surface area contributed by atoms with Gasteiger partial charge in [0.15, 0.2) is 0 Å². The second-order valence-corrected chi connectivity index (χ2v) is 13.1. The largest absolute Gasteiger partial charge is 0.477 e. The van der Waals surface area contributed by atoms with Gasteiger partial charge in [-0.1, -0.05) is 11.6 Å². The number of nitrogens with zero attached hydrogens (tertiary/aromatic N) is 4. The van der Waals surface area contributed by atoms with E-state index in [0.29, 0.717) is 22.2 Å². The van der Waals surface area contributed by atoms with Crippen molar-refractivity contribution in [1.82, 2.24) is 19.8 Å². The molecular weight excluding hydrogens is 863 g/mol. The van der Waals surface area contributed by atoms with Crippen molar-refractivity contribution in [2.45, 2.75) is 22.6 Å². The van der Waals surface area contributed by atoms with Crippen LogP contribution in [0.1, 0.15) is 12.8 Å². The third-order valence-corrected chi connectivity index (χ3v) is 7.03. The van der Waals surface area contributed by atoms with Gasteiger partial charge in [-0.3, -0.25) is 0 Å². The summed E-state index contributed by atoms with van der Waals surface area (Å²) in [6, 6.07) is 2.67. The predicted octanol–water partition coefficient (Wildman–Crippen LogP) is 1.89. The Morgan fingerprint density at radius 2 is 1.34 bits per heavy atom. The van der Waals surface area contributed by atoms with Crippen molar-refractivity contribution < 1.29 is 47.7 Å². The molecule has 0 atom stereocenters. The van der Waals surface area contributed by atoms with Crippen LogP contribution in [0.5, 0.6) is 5.88 Å². The van der Waals surface area contributed by atoms with Gasteiger partial charge in [-0.05, 0) is 91.6 Å². The zero-order valence-corrected chi connectivity index (χ0v) is 29.8. The quantitative estimate of drug-likeness (QED) is 0.236. The summed E-state index contributed by atoms with van der Waals surface area (Å²) in [5.74, 6) is 0.0412. The van der Waals surface area contributed by atoms with Crippen LogP contribution in [0.25, 0.3) is 0 Å². The molecule has 0 aliphatic rings. The molecule has 0 bridgehead atoms. The summed E-state index contributed by atoms with van der Waals surface area (Å²) in [6.07, 6.45) is 4.51. The predicted molar refractivity (Wildman–Crippen MR) is 151 cm³/mol. The summed E-state index contributed by atoms with van der Waals surface area (Å²) in [5, 5.41) is 18.1. The standard InChI is InChI=1S/C10H16BrN3O3S.C5H4BrClN2O2S.C5H13NO.W/c1-14(2)4-3-5-17-10-9(18(12,15)16)6-8(11)7-13-10;6-3-1-4(12(8,10)11)5(7)9-2-3;1-6(2)4-3-5-7;/h6-7H,3-5H2,1-2H3,(H2,12,15,16);1-2H,(H2,8,10,11);7H,3-5H2,1-2H3;. The Morgan fingerprint density at radius 3 is 1.74 bits per heavy atom.